The van der Waals surface area contributed by atoms with Crippen molar-refractivity contribution >= 4 is 11.6 Å². The van der Waals surface area contributed by atoms with Crippen molar-refractivity contribution in [1.82, 2.24) is 0 Å². The van der Waals surface area contributed by atoms with Gasteiger partial charge in [0.05, 0.1) is 18.2 Å². The lowest BCUT2D eigenvalue weighted by Crippen LogP contribution is -2.05. The van der Waals surface area contributed by atoms with E-state index in [2.05, 4.69) is 0 Å². The summed E-state index contributed by atoms with van der Waals surface area (Å²) < 4.78 is 11.1. The number of benzene rings is 1. The van der Waals surface area contributed by atoms with Crippen molar-refractivity contribution in [2.24, 2.45) is 5.73 Å². The van der Waals surface area contributed by atoms with Crippen LogP contribution < -0.4 is 15.2 Å². The van der Waals surface area contributed by atoms with Crippen LogP contribution in [0.25, 0.3) is 0 Å². The number of hydrogen-bond acceptors (Lipinski definition) is 3. The van der Waals surface area contributed by atoms with Crippen molar-refractivity contribution in [3.05, 3.63) is 22.7 Å². The van der Waals surface area contributed by atoms with E-state index in [-0.39, 0.29) is 6.04 Å². The standard InChI is InChI=1S/C11H14ClNO2/c1-7(13)8-5-9(12)11-10(6-8)14-3-2-4-15-11/h5-7H,2-4,13H2,1H3/t7-/m0/s1. The molecule has 2 rings (SSSR count). The fourth-order valence-corrected chi connectivity index (χ4v) is 1.79. The summed E-state index contributed by atoms with van der Waals surface area (Å²) in [6, 6.07) is 3.68. The first-order valence-corrected chi connectivity index (χ1v) is 5.41. The Kier molecular flexibility index (Phi) is 3.03. The van der Waals surface area contributed by atoms with E-state index in [1.54, 1.807) is 0 Å². The smallest absolute Gasteiger partial charge is 0.179 e. The maximum absolute atomic E-state index is 6.10. The van der Waals surface area contributed by atoms with E-state index in [4.69, 9.17) is 26.8 Å². The van der Waals surface area contributed by atoms with Crippen LogP contribution in [0.4, 0.5) is 0 Å². The maximum atomic E-state index is 6.10. The normalized spacial score (nSPS) is 17.0. The minimum atomic E-state index is -0.0559. The molecule has 0 saturated carbocycles. The highest BCUT2D eigenvalue weighted by atomic mass is 35.5. The van der Waals surface area contributed by atoms with Crippen molar-refractivity contribution in [3.8, 4) is 11.5 Å². The Balaban J connectivity index is 2.44. The SMILES string of the molecule is C[C@H](N)c1cc(Cl)c2c(c1)OCCCO2. The van der Waals surface area contributed by atoms with E-state index >= 15 is 0 Å². The first kappa shape index (κ1) is 10.6. The molecule has 0 radical (unpaired) electrons. The van der Waals surface area contributed by atoms with Gasteiger partial charge in [-0.2, -0.15) is 0 Å². The summed E-state index contributed by atoms with van der Waals surface area (Å²) in [6.07, 6.45) is 0.874. The largest absolute Gasteiger partial charge is 0.489 e. The zero-order valence-corrected chi connectivity index (χ0v) is 9.38. The van der Waals surface area contributed by atoms with Crippen LogP contribution in [0.15, 0.2) is 12.1 Å². The van der Waals surface area contributed by atoms with Gasteiger partial charge >= 0.3 is 0 Å². The highest BCUT2D eigenvalue weighted by Gasteiger charge is 2.16. The van der Waals surface area contributed by atoms with Crippen molar-refractivity contribution < 1.29 is 9.47 Å². The average molecular weight is 228 g/mol. The second kappa shape index (κ2) is 4.29. The second-order valence-electron chi connectivity index (χ2n) is 3.67. The molecule has 0 amide bonds. The Morgan fingerprint density at radius 2 is 2.07 bits per heavy atom. The van der Waals surface area contributed by atoms with E-state index in [0.717, 1.165) is 12.0 Å². The molecule has 0 fully saturated rings. The van der Waals surface area contributed by atoms with Crippen molar-refractivity contribution in [2.45, 2.75) is 19.4 Å². The summed E-state index contributed by atoms with van der Waals surface area (Å²) in [4.78, 5) is 0. The molecular formula is C11H14ClNO2. The van der Waals surface area contributed by atoms with E-state index in [9.17, 15) is 0 Å². The average Bonchev–Trinajstić information content (AvgIpc) is 2.42. The van der Waals surface area contributed by atoms with Gasteiger partial charge in [0.2, 0.25) is 0 Å². The number of rotatable bonds is 1. The molecule has 0 saturated heterocycles. The Bertz CT molecular complexity index is 366. The minimum absolute atomic E-state index is 0.0559. The van der Waals surface area contributed by atoms with Gasteiger partial charge in [-0.05, 0) is 24.6 Å². The molecule has 1 heterocycles. The van der Waals surface area contributed by atoms with Gasteiger partial charge < -0.3 is 15.2 Å². The van der Waals surface area contributed by atoms with Crippen LogP contribution in [0, 0.1) is 0 Å². The van der Waals surface area contributed by atoms with Gasteiger partial charge in [-0.15, -0.1) is 0 Å². The van der Waals surface area contributed by atoms with E-state index in [1.165, 1.54) is 0 Å². The van der Waals surface area contributed by atoms with Gasteiger partial charge in [0.1, 0.15) is 0 Å². The van der Waals surface area contributed by atoms with Crippen LogP contribution in [0.3, 0.4) is 0 Å². The molecule has 0 aliphatic carbocycles. The Hall–Kier alpha value is -0.930. The molecule has 0 bridgehead atoms. The molecule has 2 N–H and O–H groups in total. The molecule has 82 valence electrons. The quantitative estimate of drug-likeness (QED) is 0.802. The lowest BCUT2D eigenvalue weighted by Gasteiger charge is -2.13. The van der Waals surface area contributed by atoms with Gasteiger partial charge in [-0.3, -0.25) is 0 Å². The van der Waals surface area contributed by atoms with Crippen LogP contribution >= 0.6 is 11.6 Å². The summed E-state index contributed by atoms with van der Waals surface area (Å²) in [6.45, 7) is 3.21. The van der Waals surface area contributed by atoms with Gasteiger partial charge in [0, 0.05) is 12.5 Å². The molecule has 3 nitrogen and oxygen atoms in total. The van der Waals surface area contributed by atoms with E-state index in [1.807, 2.05) is 19.1 Å². The molecule has 1 aromatic carbocycles. The fraction of sp³-hybridized carbons (Fsp3) is 0.455. The van der Waals surface area contributed by atoms with E-state index in [0.29, 0.717) is 29.7 Å². The van der Waals surface area contributed by atoms with E-state index < -0.39 is 0 Å². The lowest BCUT2D eigenvalue weighted by atomic mass is 10.1. The number of ether oxygens (including phenoxy) is 2. The van der Waals surface area contributed by atoms with Crippen molar-refractivity contribution in [1.29, 1.82) is 0 Å². The molecule has 0 spiro atoms. The monoisotopic (exact) mass is 227 g/mol. The molecule has 0 unspecified atom stereocenters. The van der Waals surface area contributed by atoms with Gasteiger partial charge in [0.15, 0.2) is 11.5 Å². The summed E-state index contributed by atoms with van der Waals surface area (Å²) in [5, 5.41) is 0.571. The third-order valence-electron chi connectivity index (χ3n) is 2.35. The second-order valence-corrected chi connectivity index (χ2v) is 4.08. The molecule has 1 aromatic rings. The molecule has 1 aliphatic heterocycles. The molecule has 0 aromatic heterocycles. The summed E-state index contributed by atoms with van der Waals surface area (Å²) in [5.41, 5.74) is 6.76. The van der Waals surface area contributed by atoms with Crippen molar-refractivity contribution in [2.75, 3.05) is 13.2 Å². The summed E-state index contributed by atoms with van der Waals surface area (Å²) in [5.74, 6) is 1.34. The Morgan fingerprint density at radius 1 is 1.33 bits per heavy atom. The molecular weight excluding hydrogens is 214 g/mol. The molecule has 1 aliphatic rings. The van der Waals surface area contributed by atoms with Gasteiger partial charge in [-0.1, -0.05) is 11.6 Å². The molecule has 1 atom stereocenters. The number of fused-ring (bicyclic) bond motifs is 1. The summed E-state index contributed by atoms with van der Waals surface area (Å²) in [7, 11) is 0. The topological polar surface area (TPSA) is 44.5 Å². The first-order chi connectivity index (χ1) is 7.18. The third kappa shape index (κ3) is 2.19. The minimum Gasteiger partial charge on any atom is -0.489 e. The number of halogens is 1. The highest BCUT2D eigenvalue weighted by molar-refractivity contribution is 6.32. The van der Waals surface area contributed by atoms with Crippen LogP contribution in [-0.2, 0) is 0 Å². The molecule has 4 heteroatoms. The van der Waals surface area contributed by atoms with Crippen molar-refractivity contribution in [3.63, 3.8) is 0 Å². The number of hydrogen-bond donors (Lipinski definition) is 1. The van der Waals surface area contributed by atoms with Crippen LogP contribution in [0.2, 0.25) is 5.02 Å². The fourth-order valence-electron chi connectivity index (χ4n) is 1.51. The predicted molar refractivity (Wildman–Crippen MR) is 59.7 cm³/mol. The molecule has 15 heavy (non-hydrogen) atoms. The zero-order chi connectivity index (χ0) is 10.8. The number of nitrogens with two attached hydrogens (primary N) is 1. The van der Waals surface area contributed by atoms with Crippen LogP contribution in [0.5, 0.6) is 11.5 Å². The predicted octanol–water partition coefficient (Wildman–Crippen LogP) is 2.52. The zero-order valence-electron chi connectivity index (χ0n) is 8.63. The lowest BCUT2D eigenvalue weighted by molar-refractivity contribution is 0.297. The Morgan fingerprint density at radius 3 is 2.80 bits per heavy atom. The highest BCUT2D eigenvalue weighted by Crippen LogP contribution is 2.38. The Labute approximate surface area is 94.1 Å². The summed E-state index contributed by atoms with van der Waals surface area (Å²) >= 11 is 6.10. The van der Waals surface area contributed by atoms with Gasteiger partial charge in [0.25, 0.3) is 0 Å². The first-order valence-electron chi connectivity index (χ1n) is 5.03. The van der Waals surface area contributed by atoms with Gasteiger partial charge in [-0.25, -0.2) is 0 Å². The third-order valence-corrected chi connectivity index (χ3v) is 2.63. The van der Waals surface area contributed by atoms with Crippen LogP contribution in [0.1, 0.15) is 24.9 Å². The van der Waals surface area contributed by atoms with Crippen LogP contribution in [-0.4, -0.2) is 13.2 Å². The maximum Gasteiger partial charge on any atom is 0.179 e.